The van der Waals surface area contributed by atoms with Crippen molar-refractivity contribution in [3.8, 4) is 5.75 Å². The van der Waals surface area contributed by atoms with Crippen LogP contribution in [0.2, 0.25) is 0 Å². The van der Waals surface area contributed by atoms with E-state index in [4.69, 9.17) is 9.47 Å². The van der Waals surface area contributed by atoms with Crippen molar-refractivity contribution in [3.05, 3.63) is 24.0 Å². The molecule has 6 heteroatoms. The summed E-state index contributed by atoms with van der Waals surface area (Å²) in [6.07, 6.45) is 1.21. The van der Waals surface area contributed by atoms with E-state index in [0.29, 0.717) is 18.5 Å². The first kappa shape index (κ1) is 14.7. The Kier molecular flexibility index (Phi) is 4.57. The van der Waals surface area contributed by atoms with Gasteiger partial charge >= 0.3 is 0 Å². The first-order valence-electron chi connectivity index (χ1n) is 6.52. The quantitative estimate of drug-likeness (QED) is 0.879. The lowest BCUT2D eigenvalue weighted by atomic mass is 9.91. The third kappa shape index (κ3) is 2.91. The molecule has 20 heavy (non-hydrogen) atoms. The van der Waals surface area contributed by atoms with Crippen molar-refractivity contribution in [2.75, 3.05) is 32.6 Å². The Morgan fingerprint density at radius 3 is 2.65 bits per heavy atom. The van der Waals surface area contributed by atoms with E-state index in [9.17, 15) is 9.18 Å². The van der Waals surface area contributed by atoms with E-state index in [2.05, 4.69) is 10.6 Å². The monoisotopic (exact) mass is 282 g/mol. The van der Waals surface area contributed by atoms with Crippen molar-refractivity contribution in [1.29, 1.82) is 0 Å². The third-order valence-corrected chi connectivity index (χ3v) is 3.62. The molecule has 0 radical (unpaired) electrons. The lowest BCUT2D eigenvalue weighted by molar-refractivity contribution is -0.140. The highest BCUT2D eigenvalue weighted by molar-refractivity contribution is 5.97. The van der Waals surface area contributed by atoms with Gasteiger partial charge in [0.1, 0.15) is 5.60 Å². The van der Waals surface area contributed by atoms with E-state index < -0.39 is 11.4 Å². The van der Waals surface area contributed by atoms with E-state index in [0.717, 1.165) is 13.1 Å². The molecule has 0 bridgehead atoms. The van der Waals surface area contributed by atoms with Gasteiger partial charge in [-0.1, -0.05) is 0 Å². The van der Waals surface area contributed by atoms with E-state index in [1.165, 1.54) is 32.4 Å². The van der Waals surface area contributed by atoms with Crippen molar-refractivity contribution in [2.24, 2.45) is 0 Å². The standard InChI is InChI=1S/C14H19FN2O3/c1-19-12-9-10(3-4-11(12)15)17-13(18)14(20-2)5-7-16-8-6-14/h3-4,9,16H,5-8H2,1-2H3,(H,17,18). The van der Waals surface area contributed by atoms with Crippen molar-refractivity contribution >= 4 is 11.6 Å². The van der Waals surface area contributed by atoms with Crippen LogP contribution in [-0.2, 0) is 9.53 Å². The molecule has 0 aliphatic carbocycles. The number of carbonyl (C=O) groups excluding carboxylic acids is 1. The Balaban J connectivity index is 2.14. The molecule has 0 atom stereocenters. The zero-order chi connectivity index (χ0) is 14.6. The van der Waals surface area contributed by atoms with Crippen molar-refractivity contribution < 1.29 is 18.7 Å². The summed E-state index contributed by atoms with van der Waals surface area (Å²) in [5, 5.41) is 5.96. The van der Waals surface area contributed by atoms with Gasteiger partial charge in [-0.15, -0.1) is 0 Å². The van der Waals surface area contributed by atoms with Crippen LogP contribution in [0.5, 0.6) is 5.75 Å². The molecule has 0 spiro atoms. The van der Waals surface area contributed by atoms with Crippen LogP contribution in [0.3, 0.4) is 0 Å². The summed E-state index contributed by atoms with van der Waals surface area (Å²) < 4.78 is 23.7. The number of halogens is 1. The second-order valence-electron chi connectivity index (χ2n) is 4.75. The first-order chi connectivity index (χ1) is 9.61. The van der Waals surface area contributed by atoms with E-state index in [1.54, 1.807) is 0 Å². The number of amides is 1. The molecule has 1 aliphatic rings. The van der Waals surface area contributed by atoms with Crippen LogP contribution < -0.4 is 15.4 Å². The first-order valence-corrected chi connectivity index (χ1v) is 6.52. The molecule has 1 aromatic rings. The number of anilines is 1. The fraction of sp³-hybridized carbons (Fsp3) is 0.500. The maximum Gasteiger partial charge on any atom is 0.256 e. The molecular formula is C14H19FN2O3. The highest BCUT2D eigenvalue weighted by Crippen LogP contribution is 2.26. The molecule has 110 valence electrons. The molecule has 1 aliphatic heterocycles. The summed E-state index contributed by atoms with van der Waals surface area (Å²) in [7, 11) is 2.92. The molecule has 0 saturated carbocycles. The zero-order valence-corrected chi connectivity index (χ0v) is 11.7. The van der Waals surface area contributed by atoms with Gasteiger partial charge in [-0.05, 0) is 38.1 Å². The summed E-state index contributed by atoms with van der Waals surface area (Å²) in [5.74, 6) is -0.580. The largest absolute Gasteiger partial charge is 0.494 e. The van der Waals surface area contributed by atoms with E-state index in [-0.39, 0.29) is 11.7 Å². The smallest absolute Gasteiger partial charge is 0.256 e. The number of methoxy groups -OCH3 is 2. The molecule has 0 aromatic heterocycles. The number of piperidine rings is 1. The fourth-order valence-corrected chi connectivity index (χ4v) is 2.34. The minimum Gasteiger partial charge on any atom is -0.494 e. The van der Waals surface area contributed by atoms with Crippen molar-refractivity contribution in [2.45, 2.75) is 18.4 Å². The maximum absolute atomic E-state index is 13.3. The molecule has 1 amide bonds. The number of rotatable bonds is 4. The number of ether oxygens (including phenoxy) is 2. The summed E-state index contributed by atoms with van der Waals surface area (Å²) in [4.78, 5) is 12.4. The average Bonchev–Trinajstić information content (AvgIpc) is 2.49. The number of carbonyl (C=O) groups is 1. The van der Waals surface area contributed by atoms with Gasteiger partial charge in [0.25, 0.3) is 5.91 Å². The van der Waals surface area contributed by atoms with E-state index in [1.807, 2.05) is 0 Å². The molecule has 5 nitrogen and oxygen atoms in total. The molecule has 1 heterocycles. The Morgan fingerprint density at radius 2 is 2.05 bits per heavy atom. The summed E-state index contributed by atoms with van der Waals surface area (Å²) in [6, 6.07) is 4.22. The number of hydrogen-bond acceptors (Lipinski definition) is 4. The second kappa shape index (κ2) is 6.19. The molecule has 1 saturated heterocycles. The van der Waals surface area contributed by atoms with Crippen molar-refractivity contribution in [3.63, 3.8) is 0 Å². The van der Waals surface area contributed by atoms with E-state index >= 15 is 0 Å². The summed E-state index contributed by atoms with van der Waals surface area (Å²) >= 11 is 0. The van der Waals surface area contributed by atoms with Gasteiger partial charge in [0.2, 0.25) is 0 Å². The fourth-order valence-electron chi connectivity index (χ4n) is 2.34. The third-order valence-electron chi connectivity index (χ3n) is 3.62. The predicted molar refractivity (Wildman–Crippen MR) is 73.4 cm³/mol. The Morgan fingerprint density at radius 1 is 1.35 bits per heavy atom. The Bertz CT molecular complexity index is 487. The number of benzene rings is 1. The highest BCUT2D eigenvalue weighted by Gasteiger charge is 2.39. The second-order valence-corrected chi connectivity index (χ2v) is 4.75. The summed E-state index contributed by atoms with van der Waals surface area (Å²) in [5.41, 5.74) is -0.337. The number of nitrogens with one attached hydrogen (secondary N) is 2. The summed E-state index contributed by atoms with van der Waals surface area (Å²) in [6.45, 7) is 1.46. The van der Waals surface area contributed by atoms with Crippen LogP contribution in [0.15, 0.2) is 18.2 Å². The van der Waals surface area contributed by atoms with Crippen LogP contribution >= 0.6 is 0 Å². The zero-order valence-electron chi connectivity index (χ0n) is 11.7. The average molecular weight is 282 g/mol. The maximum atomic E-state index is 13.3. The van der Waals surface area contributed by atoms with Crippen LogP contribution in [0, 0.1) is 5.82 Å². The van der Waals surface area contributed by atoms with Gasteiger partial charge in [-0.2, -0.15) is 0 Å². The molecule has 1 fully saturated rings. The lowest BCUT2D eigenvalue weighted by Crippen LogP contribution is -2.51. The Hall–Kier alpha value is -1.66. The minimum absolute atomic E-state index is 0.0968. The molecule has 2 rings (SSSR count). The molecule has 2 N–H and O–H groups in total. The molecule has 0 unspecified atom stereocenters. The van der Waals surface area contributed by atoms with Crippen molar-refractivity contribution in [1.82, 2.24) is 5.32 Å². The highest BCUT2D eigenvalue weighted by atomic mass is 19.1. The Labute approximate surface area is 117 Å². The van der Waals surface area contributed by atoms with Gasteiger partial charge in [0.15, 0.2) is 11.6 Å². The SMILES string of the molecule is COc1cc(NC(=O)C2(OC)CCNCC2)ccc1F. The topological polar surface area (TPSA) is 59.6 Å². The van der Waals surface area contributed by atoms with Gasteiger partial charge in [-0.25, -0.2) is 4.39 Å². The predicted octanol–water partition coefficient (Wildman–Crippen LogP) is 1.54. The van der Waals surface area contributed by atoms with Gasteiger partial charge in [0.05, 0.1) is 7.11 Å². The van der Waals surface area contributed by atoms with Crippen LogP contribution in [0.4, 0.5) is 10.1 Å². The number of hydrogen-bond donors (Lipinski definition) is 2. The minimum atomic E-state index is -0.827. The van der Waals surface area contributed by atoms with Crippen LogP contribution in [-0.4, -0.2) is 38.8 Å². The van der Waals surface area contributed by atoms with Crippen LogP contribution in [0.1, 0.15) is 12.8 Å². The molecular weight excluding hydrogens is 263 g/mol. The molecule has 1 aromatic carbocycles. The van der Waals surface area contributed by atoms with Gasteiger partial charge in [-0.3, -0.25) is 4.79 Å². The van der Waals surface area contributed by atoms with Gasteiger partial charge in [0, 0.05) is 18.9 Å². The van der Waals surface area contributed by atoms with Gasteiger partial charge < -0.3 is 20.1 Å². The normalized spacial score (nSPS) is 17.6. The lowest BCUT2D eigenvalue weighted by Gasteiger charge is -2.34. The van der Waals surface area contributed by atoms with Crippen LogP contribution in [0.25, 0.3) is 0 Å².